The lowest BCUT2D eigenvalue weighted by Gasteiger charge is -2.12. The van der Waals surface area contributed by atoms with E-state index in [2.05, 4.69) is 22.1 Å². The van der Waals surface area contributed by atoms with Crippen LogP contribution in [0.15, 0.2) is 64.4 Å². The van der Waals surface area contributed by atoms with Crippen molar-refractivity contribution in [2.24, 2.45) is 4.99 Å². The number of rotatable bonds is 8. The second-order valence-electron chi connectivity index (χ2n) is 6.38. The Labute approximate surface area is 174 Å². The predicted molar refractivity (Wildman–Crippen MR) is 117 cm³/mol. The van der Waals surface area contributed by atoms with Crippen LogP contribution in [0.2, 0.25) is 0 Å². The van der Waals surface area contributed by atoms with Gasteiger partial charge in [-0.1, -0.05) is 30.3 Å². The van der Waals surface area contributed by atoms with Gasteiger partial charge in [-0.15, -0.1) is 0 Å². The van der Waals surface area contributed by atoms with Crippen LogP contribution in [-0.4, -0.2) is 34.0 Å². The quantitative estimate of drug-likeness (QED) is 0.334. The number of ether oxygens (including phenoxy) is 1. The van der Waals surface area contributed by atoms with Gasteiger partial charge in [-0.05, 0) is 61.8 Å². The van der Waals surface area contributed by atoms with Crippen molar-refractivity contribution in [3.63, 3.8) is 0 Å². The van der Waals surface area contributed by atoms with E-state index in [1.165, 1.54) is 16.3 Å². The van der Waals surface area contributed by atoms with Crippen LogP contribution in [0.1, 0.15) is 24.5 Å². The van der Waals surface area contributed by atoms with Gasteiger partial charge in [0, 0.05) is 12.8 Å². The minimum atomic E-state index is -0.471. The predicted octanol–water partition coefficient (Wildman–Crippen LogP) is 4.05. The van der Waals surface area contributed by atoms with E-state index in [0.717, 1.165) is 12.8 Å². The summed E-state index contributed by atoms with van der Waals surface area (Å²) in [5.74, 6) is 0.474. The average Bonchev–Trinajstić information content (AvgIpc) is 2.72. The summed E-state index contributed by atoms with van der Waals surface area (Å²) in [5.41, 5.74) is 1.46. The highest BCUT2D eigenvalue weighted by molar-refractivity contribution is 7.71. The van der Waals surface area contributed by atoms with Crippen molar-refractivity contribution in [1.82, 2.24) is 9.55 Å². The molecule has 3 aromatic rings. The molecule has 1 aromatic heterocycles. The van der Waals surface area contributed by atoms with Crippen molar-refractivity contribution >= 4 is 18.4 Å². The summed E-state index contributed by atoms with van der Waals surface area (Å²) in [6.45, 7) is 3.02. The van der Waals surface area contributed by atoms with Gasteiger partial charge in [0.2, 0.25) is 5.88 Å². The third kappa shape index (κ3) is 5.20. The van der Waals surface area contributed by atoms with Crippen molar-refractivity contribution in [2.45, 2.75) is 19.8 Å². The highest BCUT2D eigenvalue weighted by Crippen LogP contribution is 2.21. The number of aryl methyl sites for hydroxylation is 1. The van der Waals surface area contributed by atoms with Crippen LogP contribution in [0.5, 0.6) is 11.6 Å². The summed E-state index contributed by atoms with van der Waals surface area (Å²) < 4.78 is 6.94. The first-order valence-electron chi connectivity index (χ1n) is 9.45. The molecule has 2 aromatic carbocycles. The molecule has 3 rings (SSSR count). The van der Waals surface area contributed by atoms with Gasteiger partial charge in [0.05, 0.1) is 12.3 Å². The standard InChI is InChI=1S/C22H23N3O3S/c1-2-28-18-12-10-17(11-13-18)25-21(27)19(20(26)24-22(25)29)15-23-14-6-9-16-7-4-3-5-8-16/h3-5,7-8,10-13,15,27H,2,6,9,14H2,1H3,(H,24,26,29). The van der Waals surface area contributed by atoms with E-state index in [-0.39, 0.29) is 16.2 Å². The number of nitrogens with zero attached hydrogens (tertiary/aromatic N) is 2. The Morgan fingerprint density at radius 1 is 1.17 bits per heavy atom. The molecule has 0 radical (unpaired) electrons. The van der Waals surface area contributed by atoms with E-state index in [4.69, 9.17) is 17.0 Å². The first-order chi connectivity index (χ1) is 14.1. The molecule has 0 atom stereocenters. The molecule has 0 aliphatic carbocycles. The fourth-order valence-corrected chi connectivity index (χ4v) is 3.21. The van der Waals surface area contributed by atoms with Crippen LogP contribution in [0, 0.1) is 4.77 Å². The lowest BCUT2D eigenvalue weighted by Crippen LogP contribution is -2.18. The molecule has 0 saturated carbocycles. The Bertz CT molecular complexity index is 1090. The lowest BCUT2D eigenvalue weighted by atomic mass is 10.1. The third-order valence-electron chi connectivity index (χ3n) is 4.34. The molecule has 6 nitrogen and oxygen atoms in total. The molecular weight excluding hydrogens is 386 g/mol. The molecule has 0 amide bonds. The van der Waals surface area contributed by atoms with Crippen LogP contribution in [0.4, 0.5) is 0 Å². The Morgan fingerprint density at radius 3 is 2.59 bits per heavy atom. The van der Waals surface area contributed by atoms with E-state index < -0.39 is 5.56 Å². The molecule has 0 fully saturated rings. The monoisotopic (exact) mass is 409 g/mol. The number of aromatic nitrogens is 2. The highest BCUT2D eigenvalue weighted by Gasteiger charge is 2.12. The maximum atomic E-state index is 12.3. The highest BCUT2D eigenvalue weighted by atomic mass is 32.1. The number of hydrogen-bond donors (Lipinski definition) is 2. The zero-order valence-electron chi connectivity index (χ0n) is 16.2. The number of aromatic amines is 1. The summed E-state index contributed by atoms with van der Waals surface area (Å²) in [6.07, 6.45) is 3.15. The number of H-pyrrole nitrogens is 1. The van der Waals surface area contributed by atoms with Crippen molar-refractivity contribution in [3.8, 4) is 17.3 Å². The third-order valence-corrected chi connectivity index (χ3v) is 4.63. The number of benzene rings is 2. The van der Waals surface area contributed by atoms with Gasteiger partial charge >= 0.3 is 0 Å². The Morgan fingerprint density at radius 2 is 1.90 bits per heavy atom. The van der Waals surface area contributed by atoms with Crippen molar-refractivity contribution in [3.05, 3.63) is 80.8 Å². The van der Waals surface area contributed by atoms with Crippen LogP contribution >= 0.6 is 12.2 Å². The van der Waals surface area contributed by atoms with Crippen LogP contribution in [-0.2, 0) is 6.42 Å². The Hall–Kier alpha value is -3.19. The topological polar surface area (TPSA) is 79.6 Å². The summed E-state index contributed by atoms with van der Waals surface area (Å²) in [4.78, 5) is 19.2. The van der Waals surface area contributed by atoms with Gasteiger partial charge in [0.15, 0.2) is 4.77 Å². The summed E-state index contributed by atoms with van der Waals surface area (Å²) in [5, 5.41) is 10.7. The lowest BCUT2D eigenvalue weighted by molar-refractivity contribution is 0.340. The molecular formula is C22H23N3O3S. The number of nitrogens with one attached hydrogen (secondary N) is 1. The SMILES string of the molecule is CCOc1ccc(-n2c(O)c(C=NCCCc3ccccc3)c(=O)[nH]c2=S)cc1. The molecule has 0 saturated heterocycles. The fraction of sp³-hybridized carbons (Fsp3) is 0.227. The second-order valence-corrected chi connectivity index (χ2v) is 6.77. The smallest absolute Gasteiger partial charge is 0.264 e. The Kier molecular flexibility index (Phi) is 6.97. The average molecular weight is 410 g/mol. The molecule has 1 heterocycles. The van der Waals surface area contributed by atoms with Crippen molar-refractivity contribution in [1.29, 1.82) is 0 Å². The van der Waals surface area contributed by atoms with E-state index in [1.54, 1.807) is 24.3 Å². The van der Waals surface area contributed by atoms with Gasteiger partial charge in [-0.25, -0.2) is 0 Å². The maximum absolute atomic E-state index is 12.3. The molecule has 0 spiro atoms. The van der Waals surface area contributed by atoms with Crippen molar-refractivity contribution < 1.29 is 9.84 Å². The zero-order chi connectivity index (χ0) is 20.6. The van der Waals surface area contributed by atoms with E-state index in [1.807, 2.05) is 25.1 Å². The summed E-state index contributed by atoms with van der Waals surface area (Å²) >= 11 is 5.23. The van der Waals surface area contributed by atoms with Gasteiger partial charge < -0.3 is 9.84 Å². The second kappa shape index (κ2) is 9.84. The molecule has 0 bridgehead atoms. The minimum Gasteiger partial charge on any atom is -0.494 e. The number of aliphatic imine (C=N–C) groups is 1. The Balaban J connectivity index is 1.78. The van der Waals surface area contributed by atoms with Gasteiger partial charge in [-0.3, -0.25) is 19.3 Å². The molecule has 0 aliphatic heterocycles. The summed E-state index contributed by atoms with van der Waals surface area (Å²) in [7, 11) is 0. The first kappa shape index (κ1) is 20.5. The normalized spacial score (nSPS) is 11.1. The van der Waals surface area contributed by atoms with E-state index in [0.29, 0.717) is 24.6 Å². The van der Waals surface area contributed by atoms with E-state index in [9.17, 15) is 9.90 Å². The molecule has 29 heavy (non-hydrogen) atoms. The molecule has 2 N–H and O–H groups in total. The van der Waals surface area contributed by atoms with Gasteiger partial charge in [0.25, 0.3) is 5.56 Å². The maximum Gasteiger partial charge on any atom is 0.264 e. The molecule has 0 unspecified atom stereocenters. The zero-order valence-corrected chi connectivity index (χ0v) is 17.0. The van der Waals surface area contributed by atoms with Crippen LogP contribution < -0.4 is 10.3 Å². The van der Waals surface area contributed by atoms with Crippen molar-refractivity contribution in [2.75, 3.05) is 13.2 Å². The van der Waals surface area contributed by atoms with Gasteiger partial charge in [-0.2, -0.15) is 0 Å². The van der Waals surface area contributed by atoms with Crippen LogP contribution in [0.3, 0.4) is 0 Å². The molecule has 150 valence electrons. The summed E-state index contributed by atoms with van der Waals surface area (Å²) in [6, 6.07) is 17.2. The molecule has 0 aliphatic rings. The van der Waals surface area contributed by atoms with E-state index >= 15 is 0 Å². The first-order valence-corrected chi connectivity index (χ1v) is 9.86. The molecule has 7 heteroatoms. The number of hydrogen-bond acceptors (Lipinski definition) is 5. The largest absolute Gasteiger partial charge is 0.494 e. The minimum absolute atomic E-state index is 0.0761. The van der Waals surface area contributed by atoms with Gasteiger partial charge in [0.1, 0.15) is 11.3 Å². The number of aromatic hydroxyl groups is 1. The van der Waals surface area contributed by atoms with Crippen LogP contribution in [0.25, 0.3) is 5.69 Å². The fourth-order valence-electron chi connectivity index (χ4n) is 2.93.